The Morgan fingerprint density at radius 2 is 1.84 bits per heavy atom. The highest BCUT2D eigenvalue weighted by Gasteiger charge is 2.28. The van der Waals surface area contributed by atoms with Gasteiger partial charge in [-0.3, -0.25) is 4.98 Å². The van der Waals surface area contributed by atoms with Gasteiger partial charge < -0.3 is 15.1 Å². The third-order valence-electron chi connectivity index (χ3n) is 5.71. The molecule has 0 fully saturated rings. The Morgan fingerprint density at radius 3 is 2.58 bits per heavy atom. The molecule has 4 aromatic rings. The van der Waals surface area contributed by atoms with Gasteiger partial charge in [0, 0.05) is 54.2 Å². The van der Waals surface area contributed by atoms with Crippen molar-refractivity contribution < 1.29 is 4.42 Å². The Hall–Kier alpha value is -3.48. The second kappa shape index (κ2) is 8.71. The number of pyridine rings is 2. The van der Waals surface area contributed by atoms with Crippen molar-refractivity contribution in [1.29, 1.82) is 0 Å². The first-order valence-corrected chi connectivity index (χ1v) is 10.6. The van der Waals surface area contributed by atoms with Gasteiger partial charge in [-0.1, -0.05) is 13.8 Å². The van der Waals surface area contributed by atoms with Gasteiger partial charge in [0.1, 0.15) is 29.2 Å². The van der Waals surface area contributed by atoms with Crippen molar-refractivity contribution in [3.05, 3.63) is 60.4 Å². The summed E-state index contributed by atoms with van der Waals surface area (Å²) in [6, 6.07) is 9.97. The van der Waals surface area contributed by atoms with Crippen molar-refractivity contribution in [1.82, 2.24) is 19.9 Å². The number of fused-ring (bicyclic) bond motifs is 1. The Morgan fingerprint density at radius 1 is 0.968 bits per heavy atom. The summed E-state index contributed by atoms with van der Waals surface area (Å²) in [5.41, 5.74) is 4.55. The summed E-state index contributed by atoms with van der Waals surface area (Å²) in [6.07, 6.45) is 6.20. The van der Waals surface area contributed by atoms with Crippen molar-refractivity contribution >= 4 is 22.7 Å². The molecule has 1 atom stereocenters. The molecule has 4 aromatic heterocycles. The predicted octanol–water partition coefficient (Wildman–Crippen LogP) is 5.20. The fourth-order valence-corrected chi connectivity index (χ4v) is 3.67. The minimum atomic E-state index is -0.147. The summed E-state index contributed by atoms with van der Waals surface area (Å²) in [4.78, 5) is 17.7. The van der Waals surface area contributed by atoms with Gasteiger partial charge in [0.15, 0.2) is 5.58 Å². The zero-order valence-electron chi connectivity index (χ0n) is 18.4. The fraction of sp³-hybridized carbons (Fsp3) is 0.333. The highest BCUT2D eigenvalue weighted by molar-refractivity contribution is 5.78. The van der Waals surface area contributed by atoms with E-state index in [1.165, 1.54) is 0 Å². The third-order valence-corrected chi connectivity index (χ3v) is 5.71. The summed E-state index contributed by atoms with van der Waals surface area (Å²) < 4.78 is 5.98. The number of nitrogens with one attached hydrogen (secondary N) is 2. The van der Waals surface area contributed by atoms with E-state index in [4.69, 9.17) is 4.42 Å². The average molecular weight is 417 g/mol. The number of nitrogens with zero attached hydrogens (tertiary/aromatic N) is 4. The summed E-state index contributed by atoms with van der Waals surface area (Å²) in [5, 5.41) is 6.70. The summed E-state index contributed by atoms with van der Waals surface area (Å²) in [5.74, 6) is 2.51. The number of rotatable bonds is 8. The van der Waals surface area contributed by atoms with Crippen LogP contribution in [0.25, 0.3) is 22.4 Å². The van der Waals surface area contributed by atoms with Crippen LogP contribution in [0.3, 0.4) is 0 Å². The van der Waals surface area contributed by atoms with Crippen molar-refractivity contribution in [2.45, 2.75) is 39.5 Å². The SMILES string of the molecule is CCNc1ccc(-c2cc(NCC(C)(CC)c3ccnc4cc(C)oc34)ncn2)cn1. The van der Waals surface area contributed by atoms with Gasteiger partial charge in [-0.2, -0.15) is 0 Å². The molecule has 7 nitrogen and oxygen atoms in total. The van der Waals surface area contributed by atoms with Crippen molar-refractivity contribution in [3.63, 3.8) is 0 Å². The predicted molar refractivity (Wildman–Crippen MR) is 124 cm³/mol. The minimum Gasteiger partial charge on any atom is -0.459 e. The molecule has 0 saturated carbocycles. The molecule has 0 saturated heterocycles. The van der Waals surface area contributed by atoms with Crippen molar-refractivity contribution in [2.75, 3.05) is 23.7 Å². The van der Waals surface area contributed by atoms with Crippen LogP contribution < -0.4 is 10.6 Å². The molecular weight excluding hydrogens is 388 g/mol. The monoisotopic (exact) mass is 416 g/mol. The lowest BCUT2D eigenvalue weighted by Crippen LogP contribution is -2.31. The Bertz CT molecular complexity index is 1170. The normalized spacial score (nSPS) is 13.2. The Kier molecular flexibility index (Phi) is 5.84. The first-order chi connectivity index (χ1) is 15.0. The summed E-state index contributed by atoms with van der Waals surface area (Å²) in [7, 11) is 0. The third kappa shape index (κ3) is 4.35. The second-order valence-electron chi connectivity index (χ2n) is 7.95. The van der Waals surface area contributed by atoms with Crippen LogP contribution in [0, 0.1) is 6.92 Å². The molecular formula is C24H28N6O. The van der Waals surface area contributed by atoms with E-state index in [0.29, 0.717) is 6.54 Å². The highest BCUT2D eigenvalue weighted by atomic mass is 16.3. The Balaban J connectivity index is 1.55. The lowest BCUT2D eigenvalue weighted by Gasteiger charge is -2.29. The molecule has 0 bridgehead atoms. The largest absolute Gasteiger partial charge is 0.459 e. The number of anilines is 2. The van der Waals surface area contributed by atoms with Crippen LogP contribution in [0.15, 0.2) is 53.5 Å². The van der Waals surface area contributed by atoms with Gasteiger partial charge in [-0.15, -0.1) is 0 Å². The van der Waals surface area contributed by atoms with E-state index in [0.717, 1.165) is 58.3 Å². The molecule has 0 aliphatic carbocycles. The van der Waals surface area contributed by atoms with Gasteiger partial charge in [0.2, 0.25) is 0 Å². The molecule has 160 valence electrons. The topological polar surface area (TPSA) is 88.8 Å². The molecule has 0 amide bonds. The molecule has 0 radical (unpaired) electrons. The fourth-order valence-electron chi connectivity index (χ4n) is 3.67. The van der Waals surface area contributed by atoms with E-state index in [1.807, 2.05) is 50.5 Å². The zero-order valence-corrected chi connectivity index (χ0v) is 18.4. The van der Waals surface area contributed by atoms with Gasteiger partial charge in [-0.25, -0.2) is 15.0 Å². The van der Waals surface area contributed by atoms with Gasteiger partial charge >= 0.3 is 0 Å². The standard InChI is InChI=1S/C24H28N6O/c1-5-24(4,18-9-10-26-20-11-16(3)31-23(18)20)14-28-22-12-19(29-15-30-22)17-7-8-21(25-6-2)27-13-17/h7-13,15H,5-6,14H2,1-4H3,(H,25,27)(H,28,29,30). The molecule has 0 aromatic carbocycles. The zero-order chi connectivity index (χ0) is 21.8. The molecule has 31 heavy (non-hydrogen) atoms. The maximum Gasteiger partial charge on any atom is 0.156 e. The van der Waals surface area contributed by atoms with Crippen molar-refractivity contribution in [2.24, 2.45) is 0 Å². The van der Waals surface area contributed by atoms with Crippen LogP contribution in [0.1, 0.15) is 38.5 Å². The van der Waals surface area contributed by atoms with Crippen LogP contribution in [0.2, 0.25) is 0 Å². The lowest BCUT2D eigenvalue weighted by atomic mass is 9.80. The molecule has 4 heterocycles. The van der Waals surface area contributed by atoms with E-state index in [1.54, 1.807) is 6.33 Å². The Labute approximate surface area is 182 Å². The number of aryl methyl sites for hydroxylation is 1. The molecule has 2 N–H and O–H groups in total. The van der Waals surface area contributed by atoms with Gasteiger partial charge in [-0.05, 0) is 38.5 Å². The van der Waals surface area contributed by atoms with Crippen LogP contribution in [0.4, 0.5) is 11.6 Å². The van der Waals surface area contributed by atoms with E-state index >= 15 is 0 Å². The maximum atomic E-state index is 5.98. The molecule has 4 rings (SSSR count). The average Bonchev–Trinajstić information content (AvgIpc) is 3.18. The second-order valence-corrected chi connectivity index (χ2v) is 7.95. The molecule has 1 unspecified atom stereocenters. The maximum absolute atomic E-state index is 5.98. The minimum absolute atomic E-state index is 0.147. The van der Waals surface area contributed by atoms with Gasteiger partial charge in [0.25, 0.3) is 0 Å². The molecule has 0 spiro atoms. The number of furan rings is 1. The molecule has 7 heteroatoms. The van der Waals surface area contributed by atoms with Crippen LogP contribution >= 0.6 is 0 Å². The summed E-state index contributed by atoms with van der Waals surface area (Å²) in [6.45, 7) is 9.97. The van der Waals surface area contributed by atoms with Crippen molar-refractivity contribution in [3.8, 4) is 11.3 Å². The number of hydrogen-bond acceptors (Lipinski definition) is 7. The smallest absolute Gasteiger partial charge is 0.156 e. The first-order valence-electron chi connectivity index (χ1n) is 10.6. The number of aromatic nitrogens is 4. The summed E-state index contributed by atoms with van der Waals surface area (Å²) >= 11 is 0. The van der Waals surface area contributed by atoms with E-state index in [-0.39, 0.29) is 5.41 Å². The van der Waals surface area contributed by atoms with Crippen LogP contribution in [-0.2, 0) is 5.41 Å². The highest BCUT2D eigenvalue weighted by Crippen LogP contribution is 2.34. The number of hydrogen-bond donors (Lipinski definition) is 2. The van der Waals surface area contributed by atoms with Crippen LogP contribution in [-0.4, -0.2) is 33.0 Å². The van der Waals surface area contributed by atoms with Crippen LogP contribution in [0.5, 0.6) is 0 Å². The first kappa shape index (κ1) is 20.8. The lowest BCUT2D eigenvalue weighted by molar-refractivity contribution is 0.470. The van der Waals surface area contributed by atoms with E-state index in [9.17, 15) is 0 Å². The van der Waals surface area contributed by atoms with E-state index < -0.39 is 0 Å². The van der Waals surface area contributed by atoms with Gasteiger partial charge in [0.05, 0.1) is 5.69 Å². The quantitative estimate of drug-likeness (QED) is 0.408. The molecule has 0 aliphatic heterocycles. The molecule has 0 aliphatic rings. The van der Waals surface area contributed by atoms with E-state index in [2.05, 4.69) is 50.5 Å².